The van der Waals surface area contributed by atoms with Gasteiger partial charge in [-0.2, -0.15) is 0 Å². The van der Waals surface area contributed by atoms with Crippen LogP contribution in [-0.4, -0.2) is 9.97 Å². The normalized spacial score (nSPS) is 8.62. The molecule has 42 valence electrons. The van der Waals surface area contributed by atoms with E-state index in [2.05, 4.69) is 24.0 Å². The van der Waals surface area contributed by atoms with Crippen LogP contribution < -0.4 is 4.52 Å². The molecule has 1 aromatic rings. The lowest BCUT2D eigenvalue weighted by molar-refractivity contribution is 0.584. The minimum absolute atomic E-state index is 0.373. The number of nitrogens with zero attached hydrogens (tertiary/aromatic N) is 2. The first-order valence-corrected chi connectivity index (χ1v) is 2.54. The highest BCUT2D eigenvalue weighted by Gasteiger charge is 1.84. The maximum Gasteiger partial charge on any atom is 0.318 e. The topological polar surface area (TPSA) is 35.0 Å². The zero-order chi connectivity index (χ0) is 5.82. The van der Waals surface area contributed by atoms with Crippen molar-refractivity contribution in [2.75, 3.05) is 0 Å². The Labute approximate surface area is 49.4 Å². The highest BCUT2D eigenvalue weighted by molar-refractivity contribution is 7.10. The predicted molar refractivity (Wildman–Crippen MR) is 32.4 cm³/mol. The van der Waals surface area contributed by atoms with Gasteiger partial charge in [0.15, 0.2) is 0 Å². The molecule has 0 radical (unpaired) electrons. The van der Waals surface area contributed by atoms with Crippen LogP contribution in [0.4, 0.5) is 0 Å². The van der Waals surface area contributed by atoms with Gasteiger partial charge in [0.05, 0.1) is 9.47 Å². The lowest BCUT2D eigenvalue weighted by Gasteiger charge is -1.90. The van der Waals surface area contributed by atoms with Gasteiger partial charge in [0.2, 0.25) is 0 Å². The van der Waals surface area contributed by atoms with Crippen LogP contribution >= 0.6 is 9.47 Å². The Morgan fingerprint density at radius 1 is 1.38 bits per heavy atom. The smallest absolute Gasteiger partial charge is 0.318 e. The fourth-order valence-electron chi connectivity index (χ4n) is 0.346. The largest absolute Gasteiger partial charge is 0.449 e. The molecule has 0 aliphatic rings. The Morgan fingerprint density at radius 3 is 2.38 bits per heavy atom. The maximum absolute atomic E-state index is 4.61. The molecule has 0 aliphatic heterocycles. The number of hydrogen-bond donors (Lipinski definition) is 0. The molecule has 0 bridgehead atoms. The summed E-state index contributed by atoms with van der Waals surface area (Å²) < 4.78 is 4.61. The SMILES string of the molecule is POc1ncccn1. The molecular formula is C4H5N2OP. The molecular weight excluding hydrogens is 123 g/mol. The monoisotopic (exact) mass is 128 g/mol. The van der Waals surface area contributed by atoms with Gasteiger partial charge in [0.1, 0.15) is 0 Å². The maximum atomic E-state index is 4.61. The van der Waals surface area contributed by atoms with E-state index in [4.69, 9.17) is 0 Å². The van der Waals surface area contributed by atoms with Gasteiger partial charge in [0.25, 0.3) is 0 Å². The quantitative estimate of drug-likeness (QED) is 0.520. The highest BCUT2D eigenvalue weighted by atomic mass is 31.0. The van der Waals surface area contributed by atoms with Crippen molar-refractivity contribution in [2.24, 2.45) is 0 Å². The summed E-state index contributed by atoms with van der Waals surface area (Å²) in [5, 5.41) is 0. The summed E-state index contributed by atoms with van der Waals surface area (Å²) in [6.07, 6.45) is 3.23. The summed E-state index contributed by atoms with van der Waals surface area (Å²) in [6, 6.07) is 2.10. The van der Waals surface area contributed by atoms with Crippen LogP contribution in [0.5, 0.6) is 6.01 Å². The fraction of sp³-hybridized carbons (Fsp3) is 0. The highest BCUT2D eigenvalue weighted by Crippen LogP contribution is 1.99. The van der Waals surface area contributed by atoms with Gasteiger partial charge in [-0.05, 0) is 6.07 Å². The molecule has 3 nitrogen and oxygen atoms in total. The minimum atomic E-state index is 0.373. The Morgan fingerprint density at radius 2 is 2.00 bits per heavy atom. The lowest BCUT2D eigenvalue weighted by Crippen LogP contribution is -1.81. The molecule has 0 aliphatic carbocycles. The second-order valence-corrected chi connectivity index (χ2v) is 1.38. The minimum Gasteiger partial charge on any atom is -0.449 e. The molecule has 0 fully saturated rings. The van der Waals surface area contributed by atoms with E-state index in [1.807, 2.05) is 0 Å². The average Bonchev–Trinajstić information content (AvgIpc) is 1.90. The Balaban J connectivity index is 2.83. The van der Waals surface area contributed by atoms with E-state index >= 15 is 0 Å². The van der Waals surface area contributed by atoms with E-state index < -0.39 is 0 Å². The third-order valence-corrected chi connectivity index (χ3v) is 0.858. The zero-order valence-electron chi connectivity index (χ0n) is 4.11. The molecule has 0 aromatic carbocycles. The van der Waals surface area contributed by atoms with Gasteiger partial charge in [-0.15, -0.1) is 0 Å². The lowest BCUT2D eigenvalue weighted by atomic mass is 10.7. The predicted octanol–water partition coefficient (Wildman–Crippen LogP) is 0.645. The van der Waals surface area contributed by atoms with Crippen molar-refractivity contribution in [3.05, 3.63) is 18.5 Å². The first kappa shape index (κ1) is 5.45. The van der Waals surface area contributed by atoms with Crippen LogP contribution in [0.15, 0.2) is 18.5 Å². The van der Waals surface area contributed by atoms with Gasteiger partial charge < -0.3 is 4.52 Å². The van der Waals surface area contributed by atoms with Crippen molar-refractivity contribution < 1.29 is 4.52 Å². The van der Waals surface area contributed by atoms with E-state index in [9.17, 15) is 0 Å². The molecule has 0 amide bonds. The summed E-state index contributed by atoms with van der Waals surface area (Å²) >= 11 is 0. The number of hydrogen-bond acceptors (Lipinski definition) is 3. The van der Waals surface area contributed by atoms with Crippen molar-refractivity contribution in [1.82, 2.24) is 9.97 Å². The molecule has 0 N–H and O–H groups in total. The Bertz CT molecular complexity index is 155. The van der Waals surface area contributed by atoms with E-state index in [1.165, 1.54) is 0 Å². The molecule has 1 atom stereocenters. The Kier molecular flexibility index (Phi) is 1.75. The second kappa shape index (κ2) is 2.58. The molecule has 1 unspecified atom stereocenters. The summed E-state index contributed by atoms with van der Waals surface area (Å²) in [5.74, 6) is 0. The zero-order valence-corrected chi connectivity index (χ0v) is 5.27. The standard InChI is InChI=1S/C4H5N2OP/c8-7-4-5-2-1-3-6-4/h1-3H,8H2. The van der Waals surface area contributed by atoms with Crippen LogP contribution in [0.25, 0.3) is 0 Å². The molecule has 1 heterocycles. The molecule has 0 spiro atoms. The molecule has 0 saturated carbocycles. The van der Waals surface area contributed by atoms with Crippen molar-refractivity contribution in [2.45, 2.75) is 0 Å². The van der Waals surface area contributed by atoms with Gasteiger partial charge in [0, 0.05) is 12.4 Å². The summed E-state index contributed by atoms with van der Waals surface area (Å²) in [5.41, 5.74) is 0. The number of rotatable bonds is 1. The first-order chi connectivity index (χ1) is 3.93. The van der Waals surface area contributed by atoms with Crippen LogP contribution in [-0.2, 0) is 0 Å². The van der Waals surface area contributed by atoms with E-state index in [0.29, 0.717) is 6.01 Å². The van der Waals surface area contributed by atoms with E-state index in [1.54, 1.807) is 18.5 Å². The third kappa shape index (κ3) is 1.14. The van der Waals surface area contributed by atoms with Crippen molar-refractivity contribution in [1.29, 1.82) is 0 Å². The molecule has 8 heavy (non-hydrogen) atoms. The molecule has 1 rings (SSSR count). The summed E-state index contributed by atoms with van der Waals surface area (Å²) in [6.45, 7) is 0. The summed E-state index contributed by atoms with van der Waals surface area (Å²) in [7, 11) is 2.07. The third-order valence-electron chi connectivity index (χ3n) is 0.647. The van der Waals surface area contributed by atoms with Gasteiger partial charge in [-0.1, -0.05) is 0 Å². The first-order valence-electron chi connectivity index (χ1n) is 2.07. The van der Waals surface area contributed by atoms with Gasteiger partial charge in [-0.25, -0.2) is 9.97 Å². The van der Waals surface area contributed by atoms with Crippen molar-refractivity contribution >= 4 is 9.47 Å². The van der Waals surface area contributed by atoms with Gasteiger partial charge in [-0.3, -0.25) is 0 Å². The van der Waals surface area contributed by atoms with Gasteiger partial charge >= 0.3 is 6.01 Å². The van der Waals surface area contributed by atoms with E-state index in [-0.39, 0.29) is 0 Å². The number of aromatic nitrogens is 2. The van der Waals surface area contributed by atoms with Crippen LogP contribution in [0.3, 0.4) is 0 Å². The summed E-state index contributed by atoms with van der Waals surface area (Å²) in [4.78, 5) is 7.49. The van der Waals surface area contributed by atoms with Crippen molar-refractivity contribution in [3.8, 4) is 6.01 Å². The molecule has 0 saturated heterocycles. The molecule has 1 aromatic heterocycles. The Hall–Kier alpha value is -0.690. The molecule has 4 heteroatoms. The van der Waals surface area contributed by atoms with Crippen LogP contribution in [0.2, 0.25) is 0 Å². The van der Waals surface area contributed by atoms with Crippen molar-refractivity contribution in [3.63, 3.8) is 0 Å². The van der Waals surface area contributed by atoms with Crippen LogP contribution in [0.1, 0.15) is 0 Å². The van der Waals surface area contributed by atoms with E-state index in [0.717, 1.165) is 0 Å². The average molecular weight is 128 g/mol. The second-order valence-electron chi connectivity index (χ2n) is 1.15. The van der Waals surface area contributed by atoms with Crippen LogP contribution in [0, 0.1) is 0 Å². The fourth-order valence-corrected chi connectivity index (χ4v) is 0.468.